The summed E-state index contributed by atoms with van der Waals surface area (Å²) in [5.74, 6) is 0. The molecule has 14 heteroatoms. The maximum absolute atomic E-state index is 9.86. The number of unbranched alkanes of at least 4 members (excludes halogenated alkanes) is 3. The summed E-state index contributed by atoms with van der Waals surface area (Å²) in [5, 5.41) is 0. The summed E-state index contributed by atoms with van der Waals surface area (Å²) in [6.07, 6.45) is 3.17. The van der Waals surface area contributed by atoms with E-state index in [-0.39, 0.29) is 53.2 Å². The molecule has 0 aliphatic rings. The molecule has 0 spiro atoms. The van der Waals surface area contributed by atoms with E-state index in [0.717, 1.165) is 19.3 Å². The van der Waals surface area contributed by atoms with Crippen LogP contribution < -0.4 is 29.4 Å². The molecule has 156 valence electrons. The van der Waals surface area contributed by atoms with Gasteiger partial charge in [0.25, 0.3) is 0 Å². The predicted octanol–water partition coefficient (Wildman–Crippen LogP) is -0.904. The van der Waals surface area contributed by atoms with Crippen molar-refractivity contribution in [3.63, 3.8) is 0 Å². The summed E-state index contributed by atoms with van der Waals surface area (Å²) in [6, 6.07) is 0. The fraction of sp³-hybridized carbons (Fsp3) is 1.00. The van der Waals surface area contributed by atoms with E-state index in [9.17, 15) is 43.1 Å². The van der Waals surface area contributed by atoms with Gasteiger partial charge < -0.3 is 43.1 Å². The molecule has 0 rings (SSSR count). The van der Waals surface area contributed by atoms with Crippen molar-refractivity contribution in [1.82, 2.24) is 0 Å². The van der Waals surface area contributed by atoms with Crippen molar-refractivity contribution in [3.05, 3.63) is 0 Å². The second kappa shape index (κ2) is 21.2. The second-order valence-electron chi connectivity index (χ2n) is 5.06. The Morgan fingerprint density at radius 3 is 0.692 bits per heavy atom. The molecule has 26 heavy (non-hydrogen) atoms. The van der Waals surface area contributed by atoms with Crippen LogP contribution in [0.3, 0.4) is 0 Å². The molecule has 0 amide bonds. The topological polar surface area (TPSA) is 190 Å². The number of hydrogen-bond acceptors (Lipinski definition) is 9. The van der Waals surface area contributed by atoms with Gasteiger partial charge in [0.1, 0.15) is 0 Å². The zero-order valence-corrected chi connectivity index (χ0v) is 20.4. The molecule has 0 aromatic heterocycles. The molecule has 0 aromatic carbocycles. The fourth-order valence-electron chi connectivity index (χ4n) is 1.06. The molecule has 0 aromatic rings. The molecule has 0 atom stereocenters. The van der Waals surface area contributed by atoms with Gasteiger partial charge in [-0.2, -0.15) is 0 Å². The van der Waals surface area contributed by atoms with E-state index in [2.05, 4.69) is 0 Å². The molecule has 0 bridgehead atoms. The Morgan fingerprint density at radius 2 is 0.654 bits per heavy atom. The van der Waals surface area contributed by atoms with E-state index in [1.54, 1.807) is 0 Å². The third-order valence-electron chi connectivity index (χ3n) is 2.36. The normalized spacial score (nSPS) is 11.0. The van der Waals surface area contributed by atoms with Gasteiger partial charge in [0.2, 0.25) is 0 Å². The first-order chi connectivity index (χ1) is 10.7. The smallest absolute Gasteiger partial charge is 0.811 e. The van der Waals surface area contributed by atoms with Crippen LogP contribution in [-0.4, -0.2) is 18.5 Å². The van der Waals surface area contributed by atoms with Gasteiger partial charge in [0.15, 0.2) is 0 Å². The first kappa shape index (κ1) is 38.2. The van der Waals surface area contributed by atoms with Crippen LogP contribution in [0.2, 0.25) is 0 Å². The van der Waals surface area contributed by atoms with Gasteiger partial charge in [0.05, 0.1) is 0 Å². The van der Waals surface area contributed by atoms with Crippen LogP contribution >= 0.6 is 22.8 Å². The predicted molar refractivity (Wildman–Crippen MR) is 82.1 cm³/mol. The van der Waals surface area contributed by atoms with Crippen molar-refractivity contribution < 1.29 is 77.8 Å². The Balaban J connectivity index is -0.0000000817. The van der Waals surface area contributed by atoms with Gasteiger partial charge >= 0.3 is 34.7 Å². The molecule has 0 aliphatic heterocycles. The van der Waals surface area contributed by atoms with Gasteiger partial charge in [-0.1, -0.05) is 62.8 Å². The van der Waals surface area contributed by atoms with Crippen LogP contribution in [0.15, 0.2) is 0 Å². The molecule has 0 heterocycles. The van der Waals surface area contributed by atoms with Crippen molar-refractivity contribution >= 4 is 22.8 Å². The molecule has 2 radical (unpaired) electrons. The standard InChI is InChI=1S/3C4H11O3P.2Cr/c3*1-2-3-4-8(5,6)7;;/h3*2-4H2,1H3,(H2,5,6,7);;/q;;;2*+3/p-6. The summed E-state index contributed by atoms with van der Waals surface area (Å²) < 4.78 is 29.6. The Labute approximate surface area is 178 Å². The van der Waals surface area contributed by atoms with Crippen LogP contribution in [0.5, 0.6) is 0 Å². The Hall–Kier alpha value is 1.51. The Bertz CT molecular complexity index is 358. The molecular weight excluding hydrogens is 485 g/mol. The molecule has 9 nitrogen and oxygen atoms in total. The minimum atomic E-state index is -4.18. The molecular formula is C12H27Cr2O9P3. The monoisotopic (exact) mass is 512 g/mol. The molecule has 0 N–H and O–H groups in total. The summed E-state index contributed by atoms with van der Waals surface area (Å²) >= 11 is 0. The van der Waals surface area contributed by atoms with E-state index in [4.69, 9.17) is 0 Å². The van der Waals surface area contributed by atoms with Gasteiger partial charge in [-0.05, 0) is 37.7 Å². The van der Waals surface area contributed by atoms with Gasteiger partial charge in [0, 0.05) is 0 Å². The summed E-state index contributed by atoms with van der Waals surface area (Å²) in [4.78, 5) is 59.2. The van der Waals surface area contributed by atoms with Crippen molar-refractivity contribution in [3.8, 4) is 0 Å². The van der Waals surface area contributed by atoms with Gasteiger partial charge in [-0.25, -0.2) is 0 Å². The molecule has 0 fully saturated rings. The van der Waals surface area contributed by atoms with Crippen LogP contribution in [0.25, 0.3) is 0 Å². The number of hydrogen-bond donors (Lipinski definition) is 0. The van der Waals surface area contributed by atoms with Crippen LogP contribution in [0, 0.1) is 0 Å². The van der Waals surface area contributed by atoms with Crippen molar-refractivity contribution in [2.75, 3.05) is 18.5 Å². The molecule has 0 aliphatic carbocycles. The zero-order valence-electron chi connectivity index (χ0n) is 15.2. The maximum atomic E-state index is 9.86. The summed E-state index contributed by atoms with van der Waals surface area (Å²) in [6.45, 7) is 5.53. The van der Waals surface area contributed by atoms with Crippen molar-refractivity contribution in [2.45, 2.75) is 59.3 Å². The van der Waals surface area contributed by atoms with Crippen molar-refractivity contribution in [1.29, 1.82) is 0 Å². The van der Waals surface area contributed by atoms with E-state index < -0.39 is 22.8 Å². The van der Waals surface area contributed by atoms with Gasteiger partial charge in [-0.3, -0.25) is 0 Å². The van der Waals surface area contributed by atoms with E-state index in [1.807, 2.05) is 20.8 Å². The van der Waals surface area contributed by atoms with Crippen LogP contribution in [0.1, 0.15) is 59.3 Å². The summed E-state index contributed by atoms with van der Waals surface area (Å²) in [5.41, 5.74) is 0. The fourth-order valence-corrected chi connectivity index (χ4v) is 3.17. The van der Waals surface area contributed by atoms with Crippen LogP contribution in [0.4, 0.5) is 0 Å². The van der Waals surface area contributed by atoms with E-state index >= 15 is 0 Å². The average Bonchev–Trinajstić information content (AvgIpc) is 2.39. The van der Waals surface area contributed by atoms with E-state index in [0.29, 0.717) is 19.3 Å². The first-order valence-corrected chi connectivity index (χ1v) is 12.9. The minimum absolute atomic E-state index is 0. The summed E-state index contributed by atoms with van der Waals surface area (Å²) in [7, 11) is -12.5. The Morgan fingerprint density at radius 1 is 0.500 bits per heavy atom. The largest absolute Gasteiger partial charge is 3.00 e. The zero-order chi connectivity index (χ0) is 19.9. The quantitative estimate of drug-likeness (QED) is 0.352. The minimum Gasteiger partial charge on any atom is -0.811 e. The first-order valence-electron chi connectivity index (χ1n) is 7.71. The third kappa shape index (κ3) is 56.2. The third-order valence-corrected chi connectivity index (χ3v) is 4.95. The SMILES string of the molecule is CCCCP(=O)([O-])[O-].CCCCP(=O)([O-])[O-].CCCCP(=O)([O-])[O-].[Cr+3].[Cr+3]. The maximum Gasteiger partial charge on any atom is 3.00 e. The molecule has 0 saturated heterocycles. The molecule has 0 saturated carbocycles. The van der Waals surface area contributed by atoms with Crippen molar-refractivity contribution in [2.24, 2.45) is 0 Å². The average molecular weight is 512 g/mol. The van der Waals surface area contributed by atoms with Crippen LogP contribution in [-0.2, 0) is 48.4 Å². The Kier molecular flexibility index (Phi) is 31.2. The van der Waals surface area contributed by atoms with E-state index in [1.165, 1.54) is 0 Å². The van der Waals surface area contributed by atoms with Gasteiger partial charge in [-0.15, -0.1) is 0 Å². The second-order valence-corrected chi connectivity index (χ2v) is 10.1. The number of rotatable bonds is 9. The molecule has 0 unspecified atom stereocenters.